The second-order valence-electron chi connectivity index (χ2n) is 8.25. The number of alkyl halides is 1. The van der Waals surface area contributed by atoms with Crippen LogP contribution in [-0.4, -0.2) is 53.8 Å². The zero-order valence-corrected chi connectivity index (χ0v) is 19.7. The van der Waals surface area contributed by atoms with E-state index in [1.54, 1.807) is 54.2 Å². The smallest absolute Gasteiger partial charge is 0.242 e. The van der Waals surface area contributed by atoms with E-state index in [-0.39, 0.29) is 43.1 Å². The summed E-state index contributed by atoms with van der Waals surface area (Å²) in [5, 5.41) is 0. The molecule has 0 fully saturated rings. The normalized spacial score (nSPS) is 11.4. The fourth-order valence-corrected chi connectivity index (χ4v) is 3.25. The van der Waals surface area contributed by atoms with Crippen LogP contribution in [0.5, 0.6) is 0 Å². The van der Waals surface area contributed by atoms with Gasteiger partial charge in [0.1, 0.15) is 11.6 Å². The maximum atomic E-state index is 13.3. The number of amides is 2. The number of furan rings is 1. The molecule has 1 aromatic heterocycles. The molecule has 1 heterocycles. The van der Waals surface area contributed by atoms with Gasteiger partial charge in [0.15, 0.2) is 0 Å². The highest BCUT2D eigenvalue weighted by Gasteiger charge is 2.33. The molecule has 0 atom stereocenters. The van der Waals surface area contributed by atoms with Crippen molar-refractivity contribution in [3.8, 4) is 0 Å². The van der Waals surface area contributed by atoms with Gasteiger partial charge in [0.2, 0.25) is 11.8 Å². The van der Waals surface area contributed by atoms with Crippen molar-refractivity contribution in [1.29, 1.82) is 0 Å². The molecule has 176 valence electrons. The summed E-state index contributed by atoms with van der Waals surface area (Å²) in [6.07, 6.45) is 2.16. The van der Waals surface area contributed by atoms with Crippen molar-refractivity contribution >= 4 is 23.4 Å². The average Bonchev–Trinajstić information content (AvgIpc) is 3.29. The fourth-order valence-electron chi connectivity index (χ4n) is 3.14. The zero-order valence-electron chi connectivity index (χ0n) is 19.0. The molecule has 32 heavy (non-hydrogen) atoms. The predicted octanol–water partition coefficient (Wildman–Crippen LogP) is 4.47. The second kappa shape index (κ2) is 12.6. The molecule has 0 spiro atoms. The number of halogens is 2. The van der Waals surface area contributed by atoms with Gasteiger partial charge in [-0.2, -0.15) is 0 Å². The number of carbonyl (C=O) groups excluding carboxylic acids is 2. The van der Waals surface area contributed by atoms with E-state index >= 15 is 0 Å². The van der Waals surface area contributed by atoms with Crippen LogP contribution in [0.15, 0.2) is 47.1 Å². The summed E-state index contributed by atoms with van der Waals surface area (Å²) in [5.41, 5.74) is -0.0161. The lowest BCUT2D eigenvalue weighted by molar-refractivity contribution is -0.146. The minimum atomic E-state index is -0.795. The SMILES string of the molecule is CCOCCCN(CC(=O)N(Cc1ccc(F)cc1)Cc1ccco1)C(=O)C(C)(C)CCl. The lowest BCUT2D eigenvalue weighted by Gasteiger charge is -2.32. The third-order valence-electron chi connectivity index (χ3n) is 5.01. The van der Waals surface area contributed by atoms with Crippen molar-refractivity contribution in [3.05, 3.63) is 59.8 Å². The van der Waals surface area contributed by atoms with Gasteiger partial charge in [0.25, 0.3) is 0 Å². The highest BCUT2D eigenvalue weighted by molar-refractivity contribution is 6.19. The molecule has 0 aliphatic rings. The molecule has 0 bridgehead atoms. The molecule has 0 radical (unpaired) electrons. The quantitative estimate of drug-likeness (QED) is 0.323. The lowest BCUT2D eigenvalue weighted by atomic mass is 9.94. The molecule has 2 rings (SSSR count). The molecule has 0 aliphatic heterocycles. The standard InChI is InChI=1S/C24H32ClFN2O4/c1-4-31-13-6-12-27(23(30)24(2,3)18-25)17-22(29)28(16-21-7-5-14-32-21)15-19-8-10-20(26)11-9-19/h5,7-11,14H,4,6,12-13,15-18H2,1-3H3. The van der Waals surface area contributed by atoms with Crippen molar-refractivity contribution in [3.63, 3.8) is 0 Å². The van der Waals surface area contributed by atoms with Crippen LogP contribution < -0.4 is 0 Å². The summed E-state index contributed by atoms with van der Waals surface area (Å²) in [6.45, 7) is 7.33. The van der Waals surface area contributed by atoms with Gasteiger partial charge in [-0.1, -0.05) is 12.1 Å². The number of nitrogens with zero attached hydrogens (tertiary/aromatic N) is 2. The Bertz CT molecular complexity index is 840. The first-order valence-corrected chi connectivity index (χ1v) is 11.3. The Balaban J connectivity index is 2.18. The van der Waals surface area contributed by atoms with E-state index in [2.05, 4.69) is 0 Å². The summed E-state index contributed by atoms with van der Waals surface area (Å²) in [5.74, 6) is 0.00830. The van der Waals surface area contributed by atoms with Crippen LogP contribution in [0, 0.1) is 11.2 Å². The first-order chi connectivity index (χ1) is 15.3. The predicted molar refractivity (Wildman–Crippen MR) is 122 cm³/mol. The fraction of sp³-hybridized carbons (Fsp3) is 0.500. The summed E-state index contributed by atoms with van der Waals surface area (Å²) < 4.78 is 24.1. The molecule has 8 heteroatoms. The first-order valence-electron chi connectivity index (χ1n) is 10.7. The zero-order chi connectivity index (χ0) is 23.6. The van der Waals surface area contributed by atoms with Gasteiger partial charge in [-0.3, -0.25) is 9.59 Å². The molecular formula is C24H32ClFN2O4. The largest absolute Gasteiger partial charge is 0.467 e. The molecule has 0 unspecified atom stereocenters. The molecule has 6 nitrogen and oxygen atoms in total. The van der Waals surface area contributed by atoms with Crippen molar-refractivity contribution in [1.82, 2.24) is 9.80 Å². The van der Waals surface area contributed by atoms with E-state index in [0.717, 1.165) is 5.56 Å². The van der Waals surface area contributed by atoms with Crippen molar-refractivity contribution in [2.45, 2.75) is 40.3 Å². The van der Waals surface area contributed by atoms with Gasteiger partial charge in [-0.05, 0) is 57.0 Å². The number of ether oxygens (including phenoxy) is 1. The van der Waals surface area contributed by atoms with E-state index < -0.39 is 5.41 Å². The van der Waals surface area contributed by atoms with Gasteiger partial charge in [0, 0.05) is 32.2 Å². The maximum absolute atomic E-state index is 13.3. The number of hydrogen-bond acceptors (Lipinski definition) is 4. The van der Waals surface area contributed by atoms with Crippen LogP contribution in [0.25, 0.3) is 0 Å². The van der Waals surface area contributed by atoms with Crippen LogP contribution in [0.3, 0.4) is 0 Å². The highest BCUT2D eigenvalue weighted by atomic mass is 35.5. The Hall–Kier alpha value is -2.38. The van der Waals surface area contributed by atoms with Crippen molar-refractivity contribution in [2.75, 3.05) is 32.2 Å². The van der Waals surface area contributed by atoms with Gasteiger partial charge in [-0.15, -0.1) is 11.6 Å². The highest BCUT2D eigenvalue weighted by Crippen LogP contribution is 2.21. The summed E-state index contributed by atoms with van der Waals surface area (Å²) >= 11 is 6.02. The summed E-state index contributed by atoms with van der Waals surface area (Å²) in [7, 11) is 0. The minimum Gasteiger partial charge on any atom is -0.467 e. The monoisotopic (exact) mass is 466 g/mol. The summed E-state index contributed by atoms with van der Waals surface area (Å²) in [4.78, 5) is 29.6. The maximum Gasteiger partial charge on any atom is 0.242 e. The molecule has 2 amide bonds. The van der Waals surface area contributed by atoms with Gasteiger partial charge in [-0.25, -0.2) is 4.39 Å². The molecule has 0 N–H and O–H groups in total. The van der Waals surface area contributed by atoms with E-state index in [1.807, 2.05) is 6.92 Å². The molecule has 0 aliphatic carbocycles. The number of rotatable bonds is 13. The average molecular weight is 467 g/mol. The van der Waals surface area contributed by atoms with Crippen molar-refractivity contribution in [2.24, 2.45) is 5.41 Å². The Morgan fingerprint density at radius 3 is 2.44 bits per heavy atom. The van der Waals surface area contributed by atoms with Gasteiger partial charge < -0.3 is 19.0 Å². The first kappa shape index (κ1) is 25.9. The lowest BCUT2D eigenvalue weighted by Crippen LogP contribution is -2.48. The van der Waals surface area contributed by atoms with Crippen LogP contribution in [-0.2, 0) is 27.4 Å². The minimum absolute atomic E-state index is 0.0901. The van der Waals surface area contributed by atoms with Crippen molar-refractivity contribution < 1.29 is 23.1 Å². The van der Waals surface area contributed by atoms with Crippen LogP contribution >= 0.6 is 11.6 Å². The number of hydrogen-bond donors (Lipinski definition) is 0. The number of carbonyl (C=O) groups is 2. The third-order valence-corrected chi connectivity index (χ3v) is 5.68. The molecular weight excluding hydrogens is 435 g/mol. The molecule has 2 aromatic rings. The third kappa shape index (κ3) is 7.95. The number of benzene rings is 1. The summed E-state index contributed by atoms with van der Waals surface area (Å²) in [6, 6.07) is 9.53. The molecule has 0 saturated heterocycles. The van der Waals surface area contributed by atoms with Crippen LogP contribution in [0.2, 0.25) is 0 Å². The topological polar surface area (TPSA) is 63.0 Å². The van der Waals surface area contributed by atoms with E-state index in [9.17, 15) is 14.0 Å². The Kier molecular flexibility index (Phi) is 10.2. The Morgan fingerprint density at radius 2 is 1.84 bits per heavy atom. The second-order valence-corrected chi connectivity index (χ2v) is 8.52. The van der Waals surface area contributed by atoms with E-state index in [4.69, 9.17) is 20.8 Å². The van der Waals surface area contributed by atoms with Gasteiger partial charge >= 0.3 is 0 Å². The van der Waals surface area contributed by atoms with Gasteiger partial charge in [0.05, 0.1) is 24.8 Å². The molecule has 1 aromatic carbocycles. The molecule has 0 saturated carbocycles. The van der Waals surface area contributed by atoms with E-state index in [1.165, 1.54) is 12.1 Å². The van der Waals surface area contributed by atoms with Crippen LogP contribution in [0.4, 0.5) is 4.39 Å². The van der Waals surface area contributed by atoms with E-state index in [0.29, 0.717) is 31.9 Å². The Labute approximate surface area is 194 Å². The Morgan fingerprint density at radius 1 is 1.12 bits per heavy atom. The van der Waals surface area contributed by atoms with Crippen LogP contribution in [0.1, 0.15) is 38.5 Å².